The summed E-state index contributed by atoms with van der Waals surface area (Å²) in [4.78, 5) is 14.1. The molecule has 0 unspecified atom stereocenters. The molecular formula is C25H30FN5. The number of imidazole rings is 1. The summed E-state index contributed by atoms with van der Waals surface area (Å²) in [5.41, 5.74) is 3.63. The van der Waals surface area contributed by atoms with Crippen LogP contribution in [0.15, 0.2) is 42.9 Å². The Bertz CT molecular complexity index is 1000. The van der Waals surface area contributed by atoms with E-state index in [1.807, 2.05) is 18.6 Å². The smallest absolute Gasteiger partial charge is 0.223 e. The minimum absolute atomic E-state index is 0.238. The molecule has 2 saturated carbocycles. The number of halogens is 1. The van der Waals surface area contributed by atoms with Gasteiger partial charge in [-0.25, -0.2) is 19.3 Å². The first-order valence-corrected chi connectivity index (χ1v) is 11.7. The van der Waals surface area contributed by atoms with Crippen LogP contribution in [0.3, 0.4) is 0 Å². The molecule has 0 aliphatic heterocycles. The molecule has 31 heavy (non-hydrogen) atoms. The average Bonchev–Trinajstić information content (AvgIpc) is 3.49. The van der Waals surface area contributed by atoms with Gasteiger partial charge in [0.2, 0.25) is 5.95 Å². The normalized spacial score (nSPS) is 17.8. The summed E-state index contributed by atoms with van der Waals surface area (Å²) < 4.78 is 15.8. The van der Waals surface area contributed by atoms with Crippen molar-refractivity contribution in [1.82, 2.24) is 19.5 Å². The molecule has 0 amide bonds. The Hall–Kier alpha value is -2.76. The lowest BCUT2D eigenvalue weighted by molar-refractivity contribution is 0.355. The summed E-state index contributed by atoms with van der Waals surface area (Å²) in [6.45, 7) is 0.927. The van der Waals surface area contributed by atoms with E-state index in [2.05, 4.69) is 14.9 Å². The molecule has 0 spiro atoms. The van der Waals surface area contributed by atoms with Crippen LogP contribution in [0.1, 0.15) is 63.8 Å². The lowest BCUT2D eigenvalue weighted by Gasteiger charge is -2.25. The number of nitrogens with one attached hydrogen (secondary N) is 1. The largest absolute Gasteiger partial charge is 0.354 e. The van der Waals surface area contributed by atoms with Gasteiger partial charge in [-0.2, -0.15) is 0 Å². The number of anilines is 1. The molecule has 0 atom stereocenters. The SMILES string of the molecule is Fc1ccc(-c2ncn(C3CCCCC3)c2-c2ccnc(NCC3CCCC3)n2)cc1. The number of hydrogen-bond acceptors (Lipinski definition) is 4. The number of benzene rings is 1. The van der Waals surface area contributed by atoms with Gasteiger partial charge in [-0.1, -0.05) is 32.1 Å². The molecule has 0 bridgehead atoms. The molecule has 1 aromatic carbocycles. The lowest BCUT2D eigenvalue weighted by atomic mass is 9.95. The molecular weight excluding hydrogens is 389 g/mol. The van der Waals surface area contributed by atoms with Gasteiger partial charge in [0.1, 0.15) is 5.82 Å². The molecule has 2 heterocycles. The average molecular weight is 420 g/mol. The first-order chi connectivity index (χ1) is 15.3. The second-order valence-corrected chi connectivity index (χ2v) is 8.94. The van der Waals surface area contributed by atoms with Crippen LogP contribution in [0.2, 0.25) is 0 Å². The van der Waals surface area contributed by atoms with Gasteiger partial charge < -0.3 is 9.88 Å². The highest BCUT2D eigenvalue weighted by Crippen LogP contribution is 2.37. The summed E-state index contributed by atoms with van der Waals surface area (Å²) in [6.07, 6.45) is 15.1. The number of hydrogen-bond donors (Lipinski definition) is 1. The van der Waals surface area contributed by atoms with Gasteiger partial charge in [-0.15, -0.1) is 0 Å². The molecule has 5 nitrogen and oxygen atoms in total. The summed E-state index contributed by atoms with van der Waals surface area (Å²) in [5.74, 6) is 1.15. The van der Waals surface area contributed by atoms with E-state index in [9.17, 15) is 4.39 Å². The van der Waals surface area contributed by atoms with Gasteiger partial charge in [0.25, 0.3) is 0 Å². The summed E-state index contributed by atoms with van der Waals surface area (Å²) in [5, 5.41) is 3.45. The van der Waals surface area contributed by atoms with Crippen LogP contribution in [0.25, 0.3) is 22.6 Å². The van der Waals surface area contributed by atoms with Crippen molar-refractivity contribution >= 4 is 5.95 Å². The van der Waals surface area contributed by atoms with Gasteiger partial charge in [-0.05, 0) is 61.9 Å². The van der Waals surface area contributed by atoms with Crippen LogP contribution in [-0.2, 0) is 0 Å². The fourth-order valence-electron chi connectivity index (χ4n) is 5.10. The Labute approximate surface area is 183 Å². The van der Waals surface area contributed by atoms with Crippen LogP contribution >= 0.6 is 0 Å². The van der Waals surface area contributed by atoms with E-state index < -0.39 is 0 Å². The first-order valence-electron chi connectivity index (χ1n) is 11.7. The Morgan fingerprint density at radius 2 is 1.65 bits per heavy atom. The summed E-state index contributed by atoms with van der Waals surface area (Å²) in [6, 6.07) is 8.97. The van der Waals surface area contributed by atoms with Gasteiger partial charge in [-0.3, -0.25) is 0 Å². The minimum Gasteiger partial charge on any atom is -0.354 e. The molecule has 6 heteroatoms. The van der Waals surface area contributed by atoms with Crippen molar-refractivity contribution in [2.24, 2.45) is 5.92 Å². The Morgan fingerprint density at radius 3 is 2.42 bits per heavy atom. The predicted molar refractivity (Wildman–Crippen MR) is 121 cm³/mol. The maximum atomic E-state index is 13.5. The van der Waals surface area contributed by atoms with Crippen molar-refractivity contribution in [3.63, 3.8) is 0 Å². The van der Waals surface area contributed by atoms with E-state index >= 15 is 0 Å². The third-order valence-corrected chi connectivity index (χ3v) is 6.80. The highest BCUT2D eigenvalue weighted by Gasteiger charge is 2.24. The van der Waals surface area contributed by atoms with Crippen molar-refractivity contribution in [3.05, 3.63) is 48.7 Å². The minimum atomic E-state index is -0.238. The molecule has 2 fully saturated rings. The molecule has 0 saturated heterocycles. The quantitative estimate of drug-likeness (QED) is 0.513. The van der Waals surface area contributed by atoms with E-state index in [1.54, 1.807) is 12.1 Å². The maximum Gasteiger partial charge on any atom is 0.223 e. The molecule has 2 aromatic heterocycles. The topological polar surface area (TPSA) is 55.6 Å². The number of rotatable bonds is 6. The Balaban J connectivity index is 1.50. The second kappa shape index (κ2) is 9.16. The van der Waals surface area contributed by atoms with Crippen molar-refractivity contribution in [3.8, 4) is 22.6 Å². The monoisotopic (exact) mass is 419 g/mol. The molecule has 5 rings (SSSR count). The fourth-order valence-corrected chi connectivity index (χ4v) is 5.10. The van der Waals surface area contributed by atoms with E-state index in [0.717, 1.165) is 47.9 Å². The van der Waals surface area contributed by atoms with Crippen LogP contribution in [0.5, 0.6) is 0 Å². The molecule has 2 aliphatic rings. The van der Waals surface area contributed by atoms with Gasteiger partial charge >= 0.3 is 0 Å². The maximum absolute atomic E-state index is 13.5. The van der Waals surface area contributed by atoms with Crippen molar-refractivity contribution in [1.29, 1.82) is 0 Å². The summed E-state index contributed by atoms with van der Waals surface area (Å²) >= 11 is 0. The lowest BCUT2D eigenvalue weighted by Crippen LogP contribution is -2.15. The van der Waals surface area contributed by atoms with Crippen molar-refractivity contribution in [2.45, 2.75) is 63.8 Å². The zero-order valence-corrected chi connectivity index (χ0v) is 17.9. The van der Waals surface area contributed by atoms with Crippen LogP contribution < -0.4 is 5.32 Å². The molecule has 162 valence electrons. The molecule has 3 aromatic rings. The van der Waals surface area contributed by atoms with Crippen LogP contribution in [-0.4, -0.2) is 26.1 Å². The van der Waals surface area contributed by atoms with E-state index in [-0.39, 0.29) is 5.82 Å². The number of aromatic nitrogens is 4. The fraction of sp³-hybridized carbons (Fsp3) is 0.480. The molecule has 0 radical (unpaired) electrons. The van der Waals surface area contributed by atoms with Crippen molar-refractivity contribution in [2.75, 3.05) is 11.9 Å². The van der Waals surface area contributed by atoms with Crippen molar-refractivity contribution < 1.29 is 4.39 Å². The van der Waals surface area contributed by atoms with Crippen LogP contribution in [0.4, 0.5) is 10.3 Å². The van der Waals surface area contributed by atoms with Gasteiger partial charge in [0, 0.05) is 24.3 Å². The van der Waals surface area contributed by atoms with Gasteiger partial charge in [0.05, 0.1) is 23.4 Å². The molecule has 2 aliphatic carbocycles. The van der Waals surface area contributed by atoms with E-state index in [4.69, 9.17) is 9.97 Å². The molecule has 1 N–H and O–H groups in total. The second-order valence-electron chi connectivity index (χ2n) is 8.94. The summed E-state index contributed by atoms with van der Waals surface area (Å²) in [7, 11) is 0. The highest BCUT2D eigenvalue weighted by atomic mass is 19.1. The number of nitrogens with zero attached hydrogens (tertiary/aromatic N) is 4. The van der Waals surface area contributed by atoms with Gasteiger partial charge in [0.15, 0.2) is 0 Å². The van der Waals surface area contributed by atoms with E-state index in [1.165, 1.54) is 57.1 Å². The standard InChI is InChI=1S/C25H30FN5/c26-20-12-10-19(11-13-20)23-24(31(17-29-23)21-8-2-1-3-9-21)22-14-15-27-25(30-22)28-16-18-6-4-5-7-18/h10-15,17-18,21H,1-9,16H2,(H,27,28,30). The third-order valence-electron chi connectivity index (χ3n) is 6.80. The zero-order chi connectivity index (χ0) is 21.0. The Morgan fingerprint density at radius 1 is 0.903 bits per heavy atom. The van der Waals surface area contributed by atoms with Crippen LogP contribution in [0, 0.1) is 11.7 Å². The van der Waals surface area contributed by atoms with E-state index in [0.29, 0.717) is 12.0 Å². The zero-order valence-electron chi connectivity index (χ0n) is 17.9. The predicted octanol–water partition coefficient (Wildman–Crippen LogP) is 6.25. The third kappa shape index (κ3) is 4.48. The Kier molecular flexibility index (Phi) is 5.96. The highest BCUT2D eigenvalue weighted by molar-refractivity contribution is 5.77. The first kappa shape index (κ1) is 20.2.